The highest BCUT2D eigenvalue weighted by Gasteiger charge is 2.26. The molecule has 0 spiro atoms. The summed E-state index contributed by atoms with van der Waals surface area (Å²) in [6, 6.07) is 4.02. The second-order valence-electron chi connectivity index (χ2n) is 8.44. The van der Waals surface area contributed by atoms with Gasteiger partial charge >= 0.3 is 0 Å². The molecular formula is C22H25N5OS3. The third-order valence-corrected chi connectivity index (χ3v) is 8.64. The number of nitrogens with one attached hydrogen (secondary N) is 1. The van der Waals surface area contributed by atoms with Crippen molar-refractivity contribution in [3.8, 4) is 0 Å². The van der Waals surface area contributed by atoms with Crippen LogP contribution in [0.1, 0.15) is 54.3 Å². The van der Waals surface area contributed by atoms with Crippen molar-refractivity contribution in [1.29, 1.82) is 0 Å². The maximum absolute atomic E-state index is 12.4. The first-order valence-corrected chi connectivity index (χ1v) is 13.3. The smallest absolute Gasteiger partial charge is 0.230 e. The number of hydrogen-bond donors (Lipinski definition) is 1. The first kappa shape index (κ1) is 20.9. The van der Waals surface area contributed by atoms with Gasteiger partial charge in [-0.05, 0) is 42.2 Å². The molecular weight excluding hydrogens is 446 g/mol. The highest BCUT2D eigenvalue weighted by atomic mass is 32.2. The minimum Gasteiger partial charge on any atom is -0.350 e. The van der Waals surface area contributed by atoms with Crippen LogP contribution in [0.25, 0.3) is 15.9 Å². The average molecular weight is 472 g/mol. The van der Waals surface area contributed by atoms with Gasteiger partial charge in [-0.3, -0.25) is 9.20 Å². The van der Waals surface area contributed by atoms with E-state index in [1.54, 1.807) is 11.3 Å². The number of thiophene rings is 2. The molecule has 0 bridgehead atoms. The molecule has 4 aromatic rings. The third kappa shape index (κ3) is 3.99. The summed E-state index contributed by atoms with van der Waals surface area (Å²) in [5.41, 5.74) is 2.30. The van der Waals surface area contributed by atoms with Crippen molar-refractivity contribution in [3.05, 3.63) is 38.7 Å². The van der Waals surface area contributed by atoms with Crippen molar-refractivity contribution < 1.29 is 4.79 Å². The predicted octanol–water partition coefficient (Wildman–Crippen LogP) is 5.06. The molecule has 9 heteroatoms. The lowest BCUT2D eigenvalue weighted by molar-refractivity contribution is -0.118. The van der Waals surface area contributed by atoms with E-state index in [2.05, 4.69) is 40.7 Å². The lowest BCUT2D eigenvalue weighted by Crippen LogP contribution is -2.24. The molecule has 4 heterocycles. The molecule has 0 saturated heterocycles. The number of nitrogens with zero attached hydrogens (tertiary/aromatic N) is 4. The Bertz CT molecular complexity index is 1240. The number of fused-ring (bicyclic) bond motifs is 5. The minimum atomic E-state index is -0.00261. The Hall–Kier alpha value is -1.97. The molecule has 1 amide bonds. The molecule has 5 rings (SSSR count). The van der Waals surface area contributed by atoms with Crippen LogP contribution >= 0.6 is 34.4 Å². The molecule has 0 radical (unpaired) electrons. The molecule has 1 atom stereocenters. The molecule has 0 saturated carbocycles. The SMILES string of the molecule is CC1CCc2c(sc3nc(C(C)C)n4c(SCC(=O)NCc5cccs5)nnc4c23)C1. The van der Waals surface area contributed by atoms with Crippen LogP contribution in [0.15, 0.2) is 22.7 Å². The molecule has 162 valence electrons. The summed E-state index contributed by atoms with van der Waals surface area (Å²) >= 11 is 4.89. The van der Waals surface area contributed by atoms with Crippen LogP contribution in [-0.2, 0) is 24.2 Å². The van der Waals surface area contributed by atoms with E-state index in [0.717, 1.165) is 50.5 Å². The van der Waals surface area contributed by atoms with Gasteiger partial charge in [0, 0.05) is 15.7 Å². The molecule has 6 nitrogen and oxygen atoms in total. The Morgan fingerprint density at radius 2 is 2.26 bits per heavy atom. The van der Waals surface area contributed by atoms with E-state index in [1.165, 1.54) is 28.6 Å². The summed E-state index contributed by atoms with van der Waals surface area (Å²) in [5.74, 6) is 2.21. The van der Waals surface area contributed by atoms with Gasteiger partial charge in [0.05, 0.1) is 17.7 Å². The Kier molecular flexibility index (Phi) is 5.75. The zero-order valence-corrected chi connectivity index (χ0v) is 20.3. The fourth-order valence-corrected chi connectivity index (χ4v) is 6.90. The van der Waals surface area contributed by atoms with Crippen molar-refractivity contribution >= 4 is 56.2 Å². The number of carbonyl (C=O) groups excluding carboxylic acids is 1. The van der Waals surface area contributed by atoms with Gasteiger partial charge in [0.25, 0.3) is 0 Å². The van der Waals surface area contributed by atoms with Crippen molar-refractivity contribution in [2.45, 2.75) is 57.7 Å². The summed E-state index contributed by atoms with van der Waals surface area (Å²) < 4.78 is 2.08. The van der Waals surface area contributed by atoms with Gasteiger partial charge in [-0.25, -0.2) is 4.98 Å². The van der Waals surface area contributed by atoms with Gasteiger partial charge in [0.2, 0.25) is 5.91 Å². The number of thioether (sulfide) groups is 1. The molecule has 1 N–H and O–H groups in total. The third-order valence-electron chi connectivity index (χ3n) is 5.68. The molecule has 0 aromatic carbocycles. The number of amides is 1. The van der Waals surface area contributed by atoms with E-state index in [1.807, 2.05) is 28.8 Å². The molecule has 1 aliphatic rings. The summed E-state index contributed by atoms with van der Waals surface area (Å²) in [7, 11) is 0. The van der Waals surface area contributed by atoms with E-state index in [9.17, 15) is 4.79 Å². The predicted molar refractivity (Wildman–Crippen MR) is 128 cm³/mol. The number of aromatic nitrogens is 4. The summed E-state index contributed by atoms with van der Waals surface area (Å²) in [5, 5.41) is 16.0. The number of carbonyl (C=O) groups is 1. The number of hydrogen-bond acceptors (Lipinski definition) is 7. The highest BCUT2D eigenvalue weighted by Crippen LogP contribution is 2.40. The number of aryl methyl sites for hydroxylation is 1. The molecule has 31 heavy (non-hydrogen) atoms. The van der Waals surface area contributed by atoms with Crippen molar-refractivity contribution in [2.24, 2.45) is 5.92 Å². The Morgan fingerprint density at radius 1 is 1.39 bits per heavy atom. The van der Waals surface area contributed by atoms with E-state index >= 15 is 0 Å². The van der Waals surface area contributed by atoms with Crippen molar-refractivity contribution in [2.75, 3.05) is 5.75 Å². The van der Waals surface area contributed by atoms with E-state index < -0.39 is 0 Å². The average Bonchev–Trinajstić information content (AvgIpc) is 3.47. The van der Waals surface area contributed by atoms with Gasteiger partial charge in [-0.15, -0.1) is 32.9 Å². The Balaban J connectivity index is 1.46. The topological polar surface area (TPSA) is 72.2 Å². The standard InChI is InChI=1S/C22H25N5OS3/c1-12(2)19-24-21-18(15-7-6-13(3)9-16(15)31-21)20-25-26-22(27(19)20)30-11-17(28)23-10-14-5-4-8-29-14/h4-5,8,12-13H,6-7,9-11H2,1-3H3,(H,23,28). The van der Waals surface area contributed by atoms with E-state index in [4.69, 9.17) is 4.98 Å². The zero-order chi connectivity index (χ0) is 21.5. The van der Waals surface area contributed by atoms with Crippen LogP contribution in [0.5, 0.6) is 0 Å². The maximum atomic E-state index is 12.4. The van der Waals surface area contributed by atoms with Crippen LogP contribution in [-0.4, -0.2) is 31.2 Å². The Morgan fingerprint density at radius 3 is 3.03 bits per heavy atom. The lowest BCUT2D eigenvalue weighted by Gasteiger charge is -2.17. The first-order chi connectivity index (χ1) is 15.0. The van der Waals surface area contributed by atoms with Gasteiger partial charge in [0.15, 0.2) is 10.8 Å². The molecule has 1 aliphatic carbocycles. The maximum Gasteiger partial charge on any atom is 0.230 e. The molecule has 0 fully saturated rings. The van der Waals surface area contributed by atoms with E-state index in [0.29, 0.717) is 12.3 Å². The summed E-state index contributed by atoms with van der Waals surface area (Å²) in [4.78, 5) is 21.1. The largest absolute Gasteiger partial charge is 0.350 e. The van der Waals surface area contributed by atoms with Gasteiger partial charge < -0.3 is 5.32 Å². The van der Waals surface area contributed by atoms with Crippen LogP contribution < -0.4 is 5.32 Å². The minimum absolute atomic E-state index is 0.00261. The second kappa shape index (κ2) is 8.52. The van der Waals surface area contributed by atoms with Crippen molar-refractivity contribution in [3.63, 3.8) is 0 Å². The number of rotatable bonds is 6. The van der Waals surface area contributed by atoms with Gasteiger partial charge in [0.1, 0.15) is 10.7 Å². The summed E-state index contributed by atoms with van der Waals surface area (Å²) in [6.07, 6.45) is 3.41. The zero-order valence-electron chi connectivity index (χ0n) is 17.8. The van der Waals surface area contributed by atoms with Crippen LogP contribution in [0.3, 0.4) is 0 Å². The molecule has 1 unspecified atom stereocenters. The second-order valence-corrected chi connectivity index (χ2v) is 11.5. The molecule has 4 aromatic heterocycles. The Labute approximate surface area is 193 Å². The first-order valence-electron chi connectivity index (χ1n) is 10.6. The van der Waals surface area contributed by atoms with Crippen LogP contribution in [0.4, 0.5) is 0 Å². The van der Waals surface area contributed by atoms with Gasteiger partial charge in [-0.1, -0.05) is 38.6 Å². The quantitative estimate of drug-likeness (QED) is 0.398. The van der Waals surface area contributed by atoms with E-state index in [-0.39, 0.29) is 11.8 Å². The highest BCUT2D eigenvalue weighted by molar-refractivity contribution is 7.99. The summed E-state index contributed by atoms with van der Waals surface area (Å²) in [6.45, 7) is 7.18. The normalized spacial score (nSPS) is 16.3. The van der Waals surface area contributed by atoms with Crippen LogP contribution in [0, 0.1) is 5.92 Å². The fraction of sp³-hybridized carbons (Fsp3) is 0.455. The van der Waals surface area contributed by atoms with Crippen LogP contribution in [0.2, 0.25) is 0 Å². The van der Waals surface area contributed by atoms with Gasteiger partial charge in [-0.2, -0.15) is 0 Å². The monoisotopic (exact) mass is 471 g/mol. The molecule has 0 aliphatic heterocycles. The fourth-order valence-electron chi connectivity index (χ4n) is 4.10. The van der Waals surface area contributed by atoms with Crippen molar-refractivity contribution in [1.82, 2.24) is 24.9 Å². The lowest BCUT2D eigenvalue weighted by atomic mass is 9.89.